The van der Waals surface area contributed by atoms with Crippen LogP contribution in [0.25, 0.3) is 0 Å². The second-order valence-electron chi connectivity index (χ2n) is 10.9. The van der Waals surface area contributed by atoms with Crippen molar-refractivity contribution >= 4 is 11.7 Å². The molecular weight excluding hydrogens is 531 g/mol. The van der Waals surface area contributed by atoms with Gasteiger partial charge in [-0.2, -0.15) is 0 Å². The average molecular weight is 563 g/mol. The summed E-state index contributed by atoms with van der Waals surface area (Å²) >= 11 is 0. The van der Waals surface area contributed by atoms with E-state index in [0.29, 0.717) is 18.1 Å². The highest BCUT2D eigenvalue weighted by Crippen LogP contribution is 2.57. The first kappa shape index (κ1) is 25.8. The molecule has 0 radical (unpaired) electrons. The lowest BCUT2D eigenvalue weighted by Gasteiger charge is -2.47. The van der Waals surface area contributed by atoms with E-state index in [2.05, 4.69) is 15.9 Å². The molecule has 4 aliphatic rings. The second-order valence-corrected chi connectivity index (χ2v) is 10.9. The summed E-state index contributed by atoms with van der Waals surface area (Å²) in [4.78, 5) is 18.1. The number of nitrogens with zero attached hydrogens (tertiary/aromatic N) is 2. The number of cyclic esters (lactones) is 1. The Hall–Kier alpha value is -4.18. The van der Waals surface area contributed by atoms with Crippen LogP contribution in [0.3, 0.4) is 0 Å². The molecule has 1 aliphatic carbocycles. The van der Waals surface area contributed by atoms with Gasteiger partial charge in [-0.05, 0) is 65.2 Å². The predicted octanol–water partition coefficient (Wildman–Crippen LogP) is 4.08. The van der Waals surface area contributed by atoms with Gasteiger partial charge in [0, 0.05) is 49.7 Å². The molecule has 7 rings (SSSR count). The molecule has 2 fully saturated rings. The Labute approximate surface area is 236 Å². The highest BCUT2D eigenvalue weighted by Gasteiger charge is 2.54. The molecule has 0 amide bonds. The Kier molecular flexibility index (Phi) is 6.30. The summed E-state index contributed by atoms with van der Waals surface area (Å²) < 4.78 is 41.8. The van der Waals surface area contributed by atoms with E-state index >= 15 is 0 Å². The summed E-state index contributed by atoms with van der Waals surface area (Å²) in [5.74, 6) is 0.322. The van der Waals surface area contributed by atoms with Crippen LogP contribution in [0.5, 0.6) is 28.7 Å². The number of fused-ring (bicyclic) bond motifs is 3. The van der Waals surface area contributed by atoms with Gasteiger partial charge in [0.05, 0.1) is 26.7 Å². The van der Waals surface area contributed by atoms with E-state index in [1.807, 2.05) is 18.2 Å². The van der Waals surface area contributed by atoms with Crippen LogP contribution in [0.4, 0.5) is 10.1 Å². The molecular formula is C31H31FN2O7. The third kappa shape index (κ3) is 4.20. The minimum Gasteiger partial charge on any atom is -0.502 e. The Balaban J connectivity index is 1.31. The van der Waals surface area contributed by atoms with Crippen molar-refractivity contribution in [3.05, 3.63) is 71.0 Å². The van der Waals surface area contributed by atoms with Crippen molar-refractivity contribution < 1.29 is 38.0 Å². The normalized spacial score (nSPS) is 25.0. The number of methoxy groups -OCH3 is 2. The molecule has 4 atom stereocenters. The molecule has 9 nitrogen and oxygen atoms in total. The van der Waals surface area contributed by atoms with Gasteiger partial charge in [-0.25, -0.2) is 4.39 Å². The van der Waals surface area contributed by atoms with E-state index in [-0.39, 0.29) is 53.7 Å². The minimum atomic E-state index is -0.457. The van der Waals surface area contributed by atoms with E-state index in [4.69, 9.17) is 23.7 Å². The Morgan fingerprint density at radius 3 is 2.15 bits per heavy atom. The van der Waals surface area contributed by atoms with Gasteiger partial charge < -0.3 is 33.7 Å². The fraction of sp³-hybridized carbons (Fsp3) is 0.387. The van der Waals surface area contributed by atoms with Crippen molar-refractivity contribution in [1.29, 1.82) is 0 Å². The summed E-state index contributed by atoms with van der Waals surface area (Å²) in [6, 6.07) is 14.1. The first-order valence-electron chi connectivity index (χ1n) is 13.8. The molecule has 3 aromatic rings. The summed E-state index contributed by atoms with van der Waals surface area (Å²) in [6.45, 7) is 3.51. The van der Waals surface area contributed by atoms with Gasteiger partial charge in [0.2, 0.25) is 12.5 Å². The monoisotopic (exact) mass is 562 g/mol. The Bertz CT molecular complexity index is 1460. The number of carbonyl (C=O) groups is 1. The molecule has 0 aromatic heterocycles. The number of piperazine rings is 1. The van der Waals surface area contributed by atoms with Crippen molar-refractivity contribution in [2.75, 3.05) is 58.7 Å². The summed E-state index contributed by atoms with van der Waals surface area (Å²) in [5.41, 5.74) is 3.80. The van der Waals surface area contributed by atoms with Crippen molar-refractivity contribution in [3.8, 4) is 28.7 Å². The van der Waals surface area contributed by atoms with Crippen LogP contribution < -0.4 is 23.8 Å². The summed E-state index contributed by atoms with van der Waals surface area (Å²) in [5, 5.41) is 10.6. The predicted molar refractivity (Wildman–Crippen MR) is 146 cm³/mol. The van der Waals surface area contributed by atoms with Gasteiger partial charge in [-0.1, -0.05) is 0 Å². The van der Waals surface area contributed by atoms with E-state index in [0.717, 1.165) is 48.6 Å². The van der Waals surface area contributed by atoms with E-state index in [9.17, 15) is 14.3 Å². The Morgan fingerprint density at radius 2 is 1.51 bits per heavy atom. The number of hydrogen-bond acceptors (Lipinski definition) is 9. The molecule has 0 saturated carbocycles. The number of phenolic OH excluding ortho intramolecular Hbond substituents is 1. The maximum Gasteiger partial charge on any atom is 0.310 e. The topological polar surface area (TPSA) is 89.9 Å². The van der Waals surface area contributed by atoms with Crippen LogP contribution >= 0.6 is 0 Å². The molecule has 0 spiro atoms. The van der Waals surface area contributed by atoms with Crippen LogP contribution in [0.2, 0.25) is 0 Å². The van der Waals surface area contributed by atoms with Crippen LogP contribution in [0.1, 0.15) is 28.7 Å². The zero-order chi connectivity index (χ0) is 28.2. The number of carbonyl (C=O) groups excluding carboxylic acids is 1. The average Bonchev–Trinajstić information content (AvgIpc) is 3.62. The zero-order valence-electron chi connectivity index (χ0n) is 22.8. The minimum absolute atomic E-state index is 0.0801. The van der Waals surface area contributed by atoms with Gasteiger partial charge in [0.15, 0.2) is 23.0 Å². The molecule has 214 valence electrons. The van der Waals surface area contributed by atoms with Crippen molar-refractivity contribution in [2.24, 2.45) is 11.8 Å². The number of phenols is 1. The Morgan fingerprint density at radius 1 is 0.878 bits per heavy atom. The third-order valence-corrected chi connectivity index (χ3v) is 8.91. The van der Waals surface area contributed by atoms with Gasteiger partial charge in [-0.15, -0.1) is 0 Å². The fourth-order valence-corrected chi connectivity index (χ4v) is 7.00. The van der Waals surface area contributed by atoms with Gasteiger partial charge in [-0.3, -0.25) is 9.69 Å². The van der Waals surface area contributed by atoms with Gasteiger partial charge in [0.1, 0.15) is 5.82 Å². The first-order valence-corrected chi connectivity index (χ1v) is 13.8. The highest BCUT2D eigenvalue weighted by atomic mass is 19.1. The van der Waals surface area contributed by atoms with Gasteiger partial charge in [0.25, 0.3) is 0 Å². The fourth-order valence-electron chi connectivity index (χ4n) is 7.00. The SMILES string of the molecule is COc1cc([C@@H]2c3cc4c(cc3[C@@H](N3CCN(c5ccc(F)cc5)CC3)[C@H]3COC(=O)[C@H]23)OCO4)cc(OC)c1O. The highest BCUT2D eigenvalue weighted by molar-refractivity contribution is 5.79. The summed E-state index contributed by atoms with van der Waals surface area (Å²) in [6.07, 6.45) is 0. The number of hydrogen-bond donors (Lipinski definition) is 1. The van der Waals surface area contributed by atoms with Crippen molar-refractivity contribution in [3.63, 3.8) is 0 Å². The number of benzene rings is 3. The molecule has 1 N–H and O–H groups in total. The number of halogens is 1. The number of esters is 1. The molecule has 3 heterocycles. The number of ether oxygens (including phenoxy) is 5. The number of aromatic hydroxyl groups is 1. The number of rotatable bonds is 5. The zero-order valence-corrected chi connectivity index (χ0v) is 22.8. The smallest absolute Gasteiger partial charge is 0.310 e. The molecule has 2 saturated heterocycles. The van der Waals surface area contributed by atoms with Crippen LogP contribution in [-0.4, -0.2) is 69.8 Å². The van der Waals surface area contributed by atoms with E-state index in [1.165, 1.54) is 26.4 Å². The van der Waals surface area contributed by atoms with Crippen LogP contribution in [-0.2, 0) is 9.53 Å². The number of anilines is 1. The van der Waals surface area contributed by atoms with E-state index in [1.54, 1.807) is 12.1 Å². The molecule has 10 heteroatoms. The molecule has 41 heavy (non-hydrogen) atoms. The lowest BCUT2D eigenvalue weighted by molar-refractivity contribution is -0.141. The maximum absolute atomic E-state index is 13.5. The molecule has 3 aliphatic heterocycles. The second kappa shape index (κ2) is 10.0. The van der Waals surface area contributed by atoms with Crippen LogP contribution in [0.15, 0.2) is 48.5 Å². The van der Waals surface area contributed by atoms with Crippen molar-refractivity contribution in [1.82, 2.24) is 4.90 Å². The van der Waals surface area contributed by atoms with Crippen LogP contribution in [0, 0.1) is 17.7 Å². The molecule has 0 unspecified atom stereocenters. The molecule has 0 bridgehead atoms. The third-order valence-electron chi connectivity index (χ3n) is 8.91. The lowest BCUT2D eigenvalue weighted by Crippen LogP contribution is -2.51. The van der Waals surface area contributed by atoms with Crippen molar-refractivity contribution in [2.45, 2.75) is 12.0 Å². The summed E-state index contributed by atoms with van der Waals surface area (Å²) in [7, 11) is 2.97. The molecule has 3 aromatic carbocycles. The largest absolute Gasteiger partial charge is 0.502 e. The quantitative estimate of drug-likeness (QED) is 0.462. The van der Waals surface area contributed by atoms with E-state index < -0.39 is 5.92 Å². The maximum atomic E-state index is 13.5. The van der Waals surface area contributed by atoms with Gasteiger partial charge >= 0.3 is 5.97 Å². The standard InChI is InChI=1S/C31H31FN2O7/c1-37-25-11-17(12-26(38-2)30(25)35)27-20-13-23-24(41-16-40-23)14-21(20)29(22-15-39-31(36)28(22)27)34-9-7-33(8-10-34)19-5-3-18(32)4-6-19/h3-6,11-14,22,27-29,35H,7-10,15-16H2,1-2H3/t22-,27+,28-,29+/m0/s1. The lowest BCUT2D eigenvalue weighted by atomic mass is 9.64. The first-order chi connectivity index (χ1) is 20.0.